The summed E-state index contributed by atoms with van der Waals surface area (Å²) in [5.41, 5.74) is 0. The van der Waals surface area contributed by atoms with Gasteiger partial charge in [-0.05, 0) is 49.4 Å². The quantitative estimate of drug-likeness (QED) is 0.0222. The van der Waals surface area contributed by atoms with Gasteiger partial charge in [0.15, 0.2) is 12.2 Å². The maximum absolute atomic E-state index is 13.1. The molecule has 0 aliphatic heterocycles. The summed E-state index contributed by atoms with van der Waals surface area (Å²) in [5.74, 6) is 1.04. The highest BCUT2D eigenvalue weighted by atomic mass is 31.2. The predicted molar refractivity (Wildman–Crippen MR) is 418 cm³/mol. The number of aliphatic hydroxyl groups is 1. The minimum absolute atomic E-state index is 0.106. The second-order valence-corrected chi connectivity index (χ2v) is 34.2. The highest BCUT2D eigenvalue weighted by Gasteiger charge is 2.30. The molecule has 0 heterocycles. The zero-order chi connectivity index (χ0) is 75.3. The summed E-state index contributed by atoms with van der Waals surface area (Å²) in [6.45, 7) is 14.3. The van der Waals surface area contributed by atoms with Crippen LogP contribution in [0.5, 0.6) is 0 Å². The van der Waals surface area contributed by atoms with Crippen LogP contribution in [0, 0.1) is 23.7 Å². The number of carbonyl (C=O) groups excluding carboxylic acids is 4. The number of unbranched alkanes of at least 4 members (excludes halogenated alkanes) is 44. The molecule has 0 aliphatic rings. The van der Waals surface area contributed by atoms with Gasteiger partial charge < -0.3 is 33.8 Å². The lowest BCUT2D eigenvalue weighted by Crippen LogP contribution is -2.30. The first kappa shape index (κ1) is 100. The Balaban J connectivity index is 5.19. The van der Waals surface area contributed by atoms with Gasteiger partial charge in [0.2, 0.25) is 0 Å². The molecule has 7 atom stereocenters. The van der Waals surface area contributed by atoms with Crippen molar-refractivity contribution in [3.8, 4) is 0 Å². The van der Waals surface area contributed by atoms with E-state index >= 15 is 0 Å². The summed E-state index contributed by atoms with van der Waals surface area (Å²) in [6, 6.07) is 0. The van der Waals surface area contributed by atoms with Gasteiger partial charge in [-0.15, -0.1) is 0 Å². The van der Waals surface area contributed by atoms with E-state index in [1.807, 2.05) is 0 Å². The van der Waals surface area contributed by atoms with Gasteiger partial charge in [-0.2, -0.15) is 0 Å². The molecule has 102 heavy (non-hydrogen) atoms. The van der Waals surface area contributed by atoms with E-state index in [1.54, 1.807) is 0 Å². The van der Waals surface area contributed by atoms with Gasteiger partial charge in [0, 0.05) is 25.7 Å². The minimum atomic E-state index is -4.96. The van der Waals surface area contributed by atoms with Gasteiger partial charge in [-0.25, -0.2) is 9.13 Å². The molecule has 0 saturated carbocycles. The Labute approximate surface area is 626 Å². The molecule has 0 aromatic rings. The number of rotatable bonds is 80. The zero-order valence-corrected chi connectivity index (χ0v) is 69.0. The summed E-state index contributed by atoms with van der Waals surface area (Å²) < 4.78 is 68.7. The van der Waals surface area contributed by atoms with Crippen molar-refractivity contribution in [3.05, 3.63) is 0 Å². The Morgan fingerprint density at radius 3 is 0.696 bits per heavy atom. The highest BCUT2D eigenvalue weighted by Crippen LogP contribution is 2.45. The van der Waals surface area contributed by atoms with Crippen LogP contribution in [0.4, 0.5) is 0 Å². The standard InChI is InChI=1S/C83H162O17P2/c1-9-75(7)61-53-45-36-30-24-20-17-18-22-26-33-39-49-57-65-82(87)100-79(70-94-81(86)64-56-48-42-41-44-52-60-74(5)6)72-98-102(91,92)96-68-77(84)67-95-101(89,90)97-71-78(99-83(88)66-58-50-40-34-28-27-31-37-46-54-62-76(8)10-2)69-93-80(85)63-55-47-38-32-25-21-16-14-12-11-13-15-19-23-29-35-43-51-59-73(3)4/h73-79,84H,9-72H2,1-8H3,(H,89,90)(H,91,92)/t75?,76?,77-,78-,79-/m1/s1. The first-order valence-corrected chi connectivity index (χ1v) is 45.8. The number of hydrogen-bond acceptors (Lipinski definition) is 15. The van der Waals surface area contributed by atoms with Crippen LogP contribution in [0.25, 0.3) is 0 Å². The molecule has 0 aromatic heterocycles. The van der Waals surface area contributed by atoms with E-state index < -0.39 is 97.5 Å². The summed E-state index contributed by atoms with van der Waals surface area (Å²) in [6.07, 6.45) is 59.8. The number of ether oxygens (including phenoxy) is 4. The fourth-order valence-corrected chi connectivity index (χ4v) is 14.3. The van der Waals surface area contributed by atoms with Crippen molar-refractivity contribution in [1.82, 2.24) is 0 Å². The molecule has 0 amide bonds. The number of phosphoric acid groups is 2. The van der Waals surface area contributed by atoms with Gasteiger partial charge in [0.25, 0.3) is 0 Å². The third kappa shape index (κ3) is 73.6. The number of carbonyl (C=O) groups is 4. The van der Waals surface area contributed by atoms with Crippen LogP contribution >= 0.6 is 15.6 Å². The molecule has 3 N–H and O–H groups in total. The fourth-order valence-electron chi connectivity index (χ4n) is 12.7. The highest BCUT2D eigenvalue weighted by molar-refractivity contribution is 7.47. The number of phosphoric ester groups is 2. The fraction of sp³-hybridized carbons (Fsp3) is 0.952. The van der Waals surface area contributed by atoms with Crippen molar-refractivity contribution in [2.75, 3.05) is 39.6 Å². The Morgan fingerprint density at radius 1 is 0.275 bits per heavy atom. The van der Waals surface area contributed by atoms with Gasteiger partial charge in [0.1, 0.15) is 19.3 Å². The van der Waals surface area contributed by atoms with E-state index in [2.05, 4.69) is 55.4 Å². The topological polar surface area (TPSA) is 237 Å². The number of aliphatic hydroxyl groups excluding tert-OH is 1. The van der Waals surface area contributed by atoms with E-state index in [9.17, 15) is 43.2 Å². The summed E-state index contributed by atoms with van der Waals surface area (Å²) >= 11 is 0. The molecule has 0 saturated heterocycles. The Morgan fingerprint density at radius 2 is 0.471 bits per heavy atom. The molecule has 4 unspecified atom stereocenters. The minimum Gasteiger partial charge on any atom is -0.462 e. The van der Waals surface area contributed by atoms with Crippen molar-refractivity contribution >= 4 is 39.5 Å². The molecule has 19 heteroatoms. The number of esters is 4. The molecular weight excluding hydrogens is 1330 g/mol. The van der Waals surface area contributed by atoms with E-state index in [4.69, 9.17) is 37.0 Å². The maximum atomic E-state index is 13.1. The second-order valence-electron chi connectivity index (χ2n) is 31.3. The molecule has 0 radical (unpaired) electrons. The van der Waals surface area contributed by atoms with Crippen LogP contribution in [-0.4, -0.2) is 96.7 Å². The summed E-state index contributed by atoms with van der Waals surface area (Å²) in [5, 5.41) is 10.6. The van der Waals surface area contributed by atoms with Crippen molar-refractivity contribution in [2.24, 2.45) is 23.7 Å². The Hall–Kier alpha value is -1.94. The molecule has 0 bridgehead atoms. The van der Waals surface area contributed by atoms with Crippen molar-refractivity contribution in [3.63, 3.8) is 0 Å². The molecule has 17 nitrogen and oxygen atoms in total. The molecule has 606 valence electrons. The number of hydrogen-bond donors (Lipinski definition) is 3. The lowest BCUT2D eigenvalue weighted by atomic mass is 9.99. The molecule has 0 fully saturated rings. The first-order valence-electron chi connectivity index (χ1n) is 42.8. The smallest absolute Gasteiger partial charge is 0.462 e. The van der Waals surface area contributed by atoms with E-state index in [1.165, 1.54) is 225 Å². The Kier molecular flexibility index (Phi) is 70.6. The maximum Gasteiger partial charge on any atom is 0.472 e. The van der Waals surface area contributed by atoms with Crippen LogP contribution in [0.3, 0.4) is 0 Å². The van der Waals surface area contributed by atoms with Crippen LogP contribution in [0.1, 0.15) is 428 Å². The van der Waals surface area contributed by atoms with Crippen LogP contribution in [-0.2, 0) is 65.4 Å². The third-order valence-corrected chi connectivity index (χ3v) is 21.9. The lowest BCUT2D eigenvalue weighted by Gasteiger charge is -2.21. The average Bonchev–Trinajstić information content (AvgIpc) is 0.926. The van der Waals surface area contributed by atoms with Crippen LogP contribution < -0.4 is 0 Å². The van der Waals surface area contributed by atoms with E-state index in [0.29, 0.717) is 31.6 Å². The monoisotopic (exact) mass is 1490 g/mol. The average molecular weight is 1490 g/mol. The summed E-state index contributed by atoms with van der Waals surface area (Å²) in [7, 11) is -9.92. The van der Waals surface area contributed by atoms with Gasteiger partial charge in [-0.1, -0.05) is 376 Å². The van der Waals surface area contributed by atoms with Gasteiger partial charge in [0.05, 0.1) is 26.4 Å². The van der Waals surface area contributed by atoms with Crippen LogP contribution in [0.2, 0.25) is 0 Å². The van der Waals surface area contributed by atoms with Gasteiger partial charge >= 0.3 is 39.5 Å². The largest absolute Gasteiger partial charge is 0.472 e. The lowest BCUT2D eigenvalue weighted by molar-refractivity contribution is -0.161. The van der Waals surface area contributed by atoms with E-state index in [-0.39, 0.29) is 25.7 Å². The van der Waals surface area contributed by atoms with Crippen molar-refractivity contribution < 1.29 is 80.2 Å². The first-order chi connectivity index (χ1) is 49.2. The normalized spacial score (nSPS) is 14.5. The molecule has 0 aliphatic carbocycles. The SMILES string of the molecule is CCC(C)CCCCCCCCCCCCCCCCC(=O)O[C@H](COC(=O)CCCCCCCCC(C)C)COP(=O)(O)OC[C@H](O)COP(=O)(O)OC[C@@H](COC(=O)CCCCCCCCCCCCCCCCCCCCC(C)C)OC(=O)CCCCCCCCCCCCC(C)CC. The second kappa shape index (κ2) is 72.0. The molecular formula is C83H162O17P2. The summed E-state index contributed by atoms with van der Waals surface area (Å²) in [4.78, 5) is 73.0. The zero-order valence-electron chi connectivity index (χ0n) is 67.2. The Bertz CT molecular complexity index is 1990. The molecule has 0 aromatic carbocycles. The third-order valence-electron chi connectivity index (χ3n) is 20.0. The van der Waals surface area contributed by atoms with Crippen molar-refractivity contribution in [1.29, 1.82) is 0 Å². The predicted octanol–water partition coefficient (Wildman–Crippen LogP) is 24.8. The molecule has 0 rings (SSSR count). The van der Waals surface area contributed by atoms with Crippen LogP contribution in [0.15, 0.2) is 0 Å². The molecule has 0 spiro atoms. The van der Waals surface area contributed by atoms with E-state index in [0.717, 1.165) is 114 Å². The van der Waals surface area contributed by atoms with Gasteiger partial charge in [-0.3, -0.25) is 37.3 Å². The van der Waals surface area contributed by atoms with Crippen molar-refractivity contribution in [2.45, 2.75) is 446 Å².